The molecule has 25 heavy (non-hydrogen) atoms. The normalized spacial score (nSPS) is 16.2. The van der Waals surface area contributed by atoms with Crippen molar-refractivity contribution in [3.8, 4) is 11.5 Å². The van der Waals surface area contributed by atoms with Crippen LogP contribution in [0.4, 0.5) is 4.39 Å². The highest BCUT2D eigenvalue weighted by Crippen LogP contribution is 2.38. The van der Waals surface area contributed by atoms with Gasteiger partial charge in [-0.1, -0.05) is 11.6 Å². The summed E-state index contributed by atoms with van der Waals surface area (Å²) in [4.78, 5) is 13.6. The standard InChI is InChI=1S/C18H17ClFNO3S/c1-2-24-15-8-10(7-13(19)17(15)22)18(23)21-14-5-6-25-16-4-3-11(20)9-12(14)16/h3-4,7-9,14,22H,2,5-6H2,1H3,(H,21,23). The monoisotopic (exact) mass is 381 g/mol. The fourth-order valence-electron chi connectivity index (χ4n) is 2.73. The van der Waals surface area contributed by atoms with Crippen molar-refractivity contribution in [2.75, 3.05) is 12.4 Å². The Morgan fingerprint density at radius 3 is 3.00 bits per heavy atom. The van der Waals surface area contributed by atoms with E-state index in [0.29, 0.717) is 13.0 Å². The molecule has 0 bridgehead atoms. The van der Waals surface area contributed by atoms with E-state index in [-0.39, 0.29) is 39.9 Å². The van der Waals surface area contributed by atoms with Crippen LogP contribution in [0.3, 0.4) is 0 Å². The zero-order chi connectivity index (χ0) is 18.0. The predicted octanol–water partition coefficient (Wildman–Crippen LogP) is 4.55. The SMILES string of the molecule is CCOc1cc(C(=O)NC2CCSc3ccc(F)cc32)cc(Cl)c1O. The summed E-state index contributed by atoms with van der Waals surface area (Å²) < 4.78 is 18.9. The van der Waals surface area contributed by atoms with Gasteiger partial charge in [0.15, 0.2) is 11.5 Å². The molecular weight excluding hydrogens is 365 g/mol. The number of aromatic hydroxyl groups is 1. The maximum atomic E-state index is 13.6. The number of phenolic OH excluding ortho intramolecular Hbond substituents is 1. The number of carbonyl (C=O) groups excluding carboxylic acids is 1. The van der Waals surface area contributed by atoms with Crippen LogP contribution in [0, 0.1) is 5.82 Å². The van der Waals surface area contributed by atoms with Crippen molar-refractivity contribution in [3.05, 3.63) is 52.3 Å². The Morgan fingerprint density at radius 2 is 2.24 bits per heavy atom. The number of phenols is 1. The predicted molar refractivity (Wildman–Crippen MR) is 96.2 cm³/mol. The van der Waals surface area contributed by atoms with Crippen molar-refractivity contribution in [2.24, 2.45) is 0 Å². The van der Waals surface area contributed by atoms with Crippen LogP contribution in [-0.4, -0.2) is 23.4 Å². The van der Waals surface area contributed by atoms with Crippen LogP contribution < -0.4 is 10.1 Å². The molecule has 7 heteroatoms. The second-order valence-corrected chi connectivity index (χ2v) is 7.13. The van der Waals surface area contributed by atoms with Crippen molar-refractivity contribution in [3.63, 3.8) is 0 Å². The smallest absolute Gasteiger partial charge is 0.251 e. The third kappa shape index (κ3) is 3.85. The van der Waals surface area contributed by atoms with Gasteiger partial charge in [-0.3, -0.25) is 4.79 Å². The molecule has 2 N–H and O–H groups in total. The minimum atomic E-state index is -0.352. The Hall–Kier alpha value is -1.92. The lowest BCUT2D eigenvalue weighted by Gasteiger charge is -2.26. The number of thioether (sulfide) groups is 1. The molecule has 132 valence electrons. The number of amides is 1. The van der Waals surface area contributed by atoms with Crippen LogP contribution in [0.1, 0.15) is 35.3 Å². The molecule has 0 aromatic heterocycles. The van der Waals surface area contributed by atoms with E-state index >= 15 is 0 Å². The number of hydrogen-bond acceptors (Lipinski definition) is 4. The largest absolute Gasteiger partial charge is 0.503 e. The number of benzene rings is 2. The molecule has 2 aromatic carbocycles. The molecule has 1 atom stereocenters. The molecule has 1 aliphatic rings. The summed E-state index contributed by atoms with van der Waals surface area (Å²) in [6, 6.07) is 7.18. The molecule has 1 unspecified atom stereocenters. The number of halogens is 2. The van der Waals surface area contributed by atoms with Crippen LogP contribution in [0.25, 0.3) is 0 Å². The first-order valence-electron chi connectivity index (χ1n) is 7.88. The van der Waals surface area contributed by atoms with Gasteiger partial charge >= 0.3 is 0 Å². The molecule has 0 aliphatic carbocycles. The van der Waals surface area contributed by atoms with Gasteiger partial charge in [-0.15, -0.1) is 11.8 Å². The van der Waals surface area contributed by atoms with E-state index in [9.17, 15) is 14.3 Å². The Balaban J connectivity index is 1.85. The van der Waals surface area contributed by atoms with Crippen molar-refractivity contribution in [1.29, 1.82) is 0 Å². The summed E-state index contributed by atoms with van der Waals surface area (Å²) >= 11 is 7.63. The highest BCUT2D eigenvalue weighted by atomic mass is 35.5. The van der Waals surface area contributed by atoms with Gasteiger partial charge in [0, 0.05) is 16.2 Å². The topological polar surface area (TPSA) is 58.6 Å². The van der Waals surface area contributed by atoms with Gasteiger partial charge in [0.2, 0.25) is 0 Å². The number of hydrogen-bond donors (Lipinski definition) is 2. The van der Waals surface area contributed by atoms with Gasteiger partial charge in [0.05, 0.1) is 17.7 Å². The maximum Gasteiger partial charge on any atom is 0.251 e. The lowest BCUT2D eigenvalue weighted by Crippen LogP contribution is -2.30. The van der Waals surface area contributed by atoms with Crippen molar-refractivity contribution in [2.45, 2.75) is 24.3 Å². The van der Waals surface area contributed by atoms with E-state index in [0.717, 1.165) is 16.2 Å². The third-order valence-electron chi connectivity index (χ3n) is 3.91. The average molecular weight is 382 g/mol. The van der Waals surface area contributed by atoms with E-state index in [1.54, 1.807) is 24.8 Å². The minimum absolute atomic E-state index is 0.0433. The highest BCUT2D eigenvalue weighted by molar-refractivity contribution is 7.99. The Bertz CT molecular complexity index is 815. The van der Waals surface area contributed by atoms with E-state index in [1.165, 1.54) is 24.3 Å². The molecule has 2 aromatic rings. The Kier molecular flexibility index (Phi) is 5.39. The molecule has 1 heterocycles. The lowest BCUT2D eigenvalue weighted by atomic mass is 10.0. The fourth-order valence-corrected chi connectivity index (χ4v) is 4.04. The van der Waals surface area contributed by atoms with E-state index in [4.69, 9.17) is 16.3 Å². The quantitative estimate of drug-likeness (QED) is 0.815. The van der Waals surface area contributed by atoms with Crippen molar-refractivity contribution >= 4 is 29.3 Å². The molecule has 0 fully saturated rings. The second kappa shape index (κ2) is 7.54. The van der Waals surface area contributed by atoms with E-state index < -0.39 is 0 Å². The van der Waals surface area contributed by atoms with Crippen molar-refractivity contribution < 1.29 is 19.0 Å². The first kappa shape index (κ1) is 17.9. The summed E-state index contributed by atoms with van der Waals surface area (Å²) in [5, 5.41) is 12.8. The minimum Gasteiger partial charge on any atom is -0.503 e. The Labute approximate surface area is 154 Å². The van der Waals surface area contributed by atoms with Crippen LogP contribution in [0.2, 0.25) is 5.02 Å². The van der Waals surface area contributed by atoms with E-state index in [2.05, 4.69) is 5.32 Å². The van der Waals surface area contributed by atoms with Gasteiger partial charge in [0.1, 0.15) is 5.82 Å². The highest BCUT2D eigenvalue weighted by Gasteiger charge is 2.24. The van der Waals surface area contributed by atoms with Crippen LogP contribution in [-0.2, 0) is 0 Å². The lowest BCUT2D eigenvalue weighted by molar-refractivity contribution is 0.0934. The molecule has 0 radical (unpaired) electrons. The average Bonchev–Trinajstić information content (AvgIpc) is 2.59. The molecule has 0 saturated carbocycles. The molecule has 0 spiro atoms. The molecule has 0 saturated heterocycles. The maximum absolute atomic E-state index is 13.6. The summed E-state index contributed by atoms with van der Waals surface area (Å²) in [6.45, 7) is 2.10. The first-order valence-corrected chi connectivity index (χ1v) is 9.24. The van der Waals surface area contributed by atoms with Gasteiger partial charge in [-0.25, -0.2) is 4.39 Å². The number of ether oxygens (including phenoxy) is 1. The summed E-state index contributed by atoms with van der Waals surface area (Å²) in [5.41, 5.74) is 1.06. The molecule has 1 amide bonds. The van der Waals surface area contributed by atoms with Crippen molar-refractivity contribution in [1.82, 2.24) is 5.32 Å². The summed E-state index contributed by atoms with van der Waals surface area (Å²) in [7, 11) is 0. The molecule has 1 aliphatic heterocycles. The van der Waals surface area contributed by atoms with Gasteiger partial charge in [0.25, 0.3) is 5.91 Å². The van der Waals surface area contributed by atoms with Crippen LogP contribution >= 0.6 is 23.4 Å². The van der Waals surface area contributed by atoms with Crippen LogP contribution in [0.15, 0.2) is 35.2 Å². The summed E-state index contributed by atoms with van der Waals surface area (Å²) in [6.07, 6.45) is 0.705. The second-order valence-electron chi connectivity index (χ2n) is 5.58. The zero-order valence-corrected chi connectivity index (χ0v) is 15.1. The zero-order valence-electron chi connectivity index (χ0n) is 13.5. The van der Waals surface area contributed by atoms with Gasteiger partial charge in [-0.05, 0) is 49.2 Å². The van der Waals surface area contributed by atoms with Crippen LogP contribution in [0.5, 0.6) is 11.5 Å². The number of rotatable bonds is 4. The molecule has 3 rings (SSSR count). The molecule has 4 nitrogen and oxygen atoms in total. The van der Waals surface area contributed by atoms with Gasteiger partial charge in [-0.2, -0.15) is 0 Å². The third-order valence-corrected chi connectivity index (χ3v) is 5.32. The summed E-state index contributed by atoms with van der Waals surface area (Å²) in [5.74, 6) is 0.124. The number of carbonyl (C=O) groups is 1. The fraction of sp³-hybridized carbons (Fsp3) is 0.278. The van der Waals surface area contributed by atoms with Gasteiger partial charge < -0.3 is 15.2 Å². The number of fused-ring (bicyclic) bond motifs is 1. The molecular formula is C18H17ClFNO3S. The Morgan fingerprint density at radius 1 is 1.44 bits per heavy atom. The van der Waals surface area contributed by atoms with E-state index in [1.807, 2.05) is 0 Å². The first-order chi connectivity index (χ1) is 12.0. The number of nitrogens with one attached hydrogen (secondary N) is 1.